The molecule has 128 valence electrons. The maximum atomic E-state index is 12.3. The van der Waals surface area contributed by atoms with Crippen LogP contribution in [0, 0.1) is 11.3 Å². The fourth-order valence-electron chi connectivity index (χ4n) is 3.11. The summed E-state index contributed by atoms with van der Waals surface area (Å²) in [5.74, 6) is 0.263. The largest absolute Gasteiger partial charge is 0.377 e. The van der Waals surface area contributed by atoms with Gasteiger partial charge in [-0.05, 0) is 11.8 Å². The number of carbonyl (C=O) groups is 1. The number of hydrogen-bond donors (Lipinski definition) is 1. The minimum absolute atomic E-state index is 0.0840. The first-order chi connectivity index (χ1) is 10.9. The molecule has 1 amide bonds. The van der Waals surface area contributed by atoms with Gasteiger partial charge in [-0.2, -0.15) is 0 Å². The Labute approximate surface area is 140 Å². The molecule has 1 aromatic rings. The van der Waals surface area contributed by atoms with Crippen LogP contribution in [0.5, 0.6) is 0 Å². The maximum absolute atomic E-state index is 12.3. The van der Waals surface area contributed by atoms with Crippen LogP contribution >= 0.6 is 11.3 Å². The first-order valence-electron chi connectivity index (χ1n) is 8.04. The Balaban J connectivity index is 1.55. The second kappa shape index (κ2) is 6.84. The molecular formula is C16H24N2O4S. The molecule has 0 radical (unpaired) electrons. The molecule has 1 aromatic heterocycles. The van der Waals surface area contributed by atoms with E-state index in [0.717, 1.165) is 13.0 Å². The molecule has 0 bridgehead atoms. The lowest BCUT2D eigenvalue weighted by molar-refractivity contribution is -0.0442. The van der Waals surface area contributed by atoms with Crippen molar-refractivity contribution in [3.63, 3.8) is 0 Å². The first kappa shape index (κ1) is 16.8. The predicted molar refractivity (Wildman–Crippen MR) is 86.4 cm³/mol. The van der Waals surface area contributed by atoms with E-state index >= 15 is 0 Å². The number of aromatic nitrogens is 1. The van der Waals surface area contributed by atoms with Crippen LogP contribution in [0.3, 0.4) is 0 Å². The van der Waals surface area contributed by atoms with Crippen LogP contribution in [0.15, 0.2) is 6.20 Å². The van der Waals surface area contributed by atoms with E-state index in [1.165, 1.54) is 11.3 Å². The summed E-state index contributed by atoms with van der Waals surface area (Å²) in [6.45, 7) is 9.07. The highest BCUT2D eigenvalue weighted by Crippen LogP contribution is 2.34. The lowest BCUT2D eigenvalue weighted by Crippen LogP contribution is -2.38. The number of carbonyl (C=O) groups excluding carboxylic acids is 1. The van der Waals surface area contributed by atoms with Gasteiger partial charge in [0.2, 0.25) is 6.29 Å². The SMILES string of the molecule is CC(C)(C)[C@H]1OCC[C@@H]1CNC(=O)c1cnc(C2OCCO2)s1. The lowest BCUT2D eigenvalue weighted by Gasteiger charge is -2.31. The monoisotopic (exact) mass is 340 g/mol. The quantitative estimate of drug-likeness (QED) is 0.911. The standard InChI is InChI=1S/C16H24N2O4S/c1-16(2,3)12-10(4-5-20-12)8-17-13(19)11-9-18-14(23-11)15-21-6-7-22-15/h9-10,12,15H,4-8H2,1-3H3,(H,17,19)/t10-,12+/m1/s1. The Morgan fingerprint density at radius 2 is 2.04 bits per heavy atom. The molecule has 1 N–H and O–H groups in total. The molecule has 6 nitrogen and oxygen atoms in total. The third kappa shape index (κ3) is 3.91. The van der Waals surface area contributed by atoms with Crippen molar-refractivity contribution in [1.29, 1.82) is 0 Å². The van der Waals surface area contributed by atoms with Crippen molar-refractivity contribution in [3.8, 4) is 0 Å². The van der Waals surface area contributed by atoms with Gasteiger partial charge in [0.1, 0.15) is 9.88 Å². The van der Waals surface area contributed by atoms with E-state index in [1.807, 2.05) is 0 Å². The fraction of sp³-hybridized carbons (Fsp3) is 0.750. The topological polar surface area (TPSA) is 69.7 Å². The second-order valence-electron chi connectivity index (χ2n) is 7.05. The predicted octanol–water partition coefficient (Wildman–Crippen LogP) is 2.37. The van der Waals surface area contributed by atoms with Crippen molar-refractivity contribution in [2.45, 2.75) is 39.6 Å². The van der Waals surface area contributed by atoms with Gasteiger partial charge in [-0.3, -0.25) is 4.79 Å². The van der Waals surface area contributed by atoms with E-state index in [1.54, 1.807) is 6.20 Å². The minimum atomic E-state index is -0.421. The Bertz CT molecular complexity index is 549. The smallest absolute Gasteiger partial charge is 0.263 e. The zero-order valence-corrected chi connectivity index (χ0v) is 14.6. The highest BCUT2D eigenvalue weighted by molar-refractivity contribution is 7.13. The van der Waals surface area contributed by atoms with Crippen LogP contribution in [-0.4, -0.2) is 43.4 Å². The molecule has 0 aliphatic carbocycles. The normalized spacial score (nSPS) is 25.9. The number of amides is 1. The van der Waals surface area contributed by atoms with E-state index in [4.69, 9.17) is 14.2 Å². The number of nitrogens with one attached hydrogen (secondary N) is 1. The summed E-state index contributed by atoms with van der Waals surface area (Å²) in [6, 6.07) is 0. The summed E-state index contributed by atoms with van der Waals surface area (Å²) in [7, 11) is 0. The van der Waals surface area contributed by atoms with Crippen LogP contribution in [-0.2, 0) is 14.2 Å². The first-order valence-corrected chi connectivity index (χ1v) is 8.85. The minimum Gasteiger partial charge on any atom is -0.377 e. The Kier molecular flexibility index (Phi) is 5.01. The summed E-state index contributed by atoms with van der Waals surface area (Å²) >= 11 is 1.32. The van der Waals surface area contributed by atoms with Crippen LogP contribution in [0.2, 0.25) is 0 Å². The second-order valence-corrected chi connectivity index (χ2v) is 8.11. The van der Waals surface area contributed by atoms with Crippen molar-refractivity contribution in [2.24, 2.45) is 11.3 Å². The van der Waals surface area contributed by atoms with Crippen molar-refractivity contribution >= 4 is 17.2 Å². The molecule has 2 fully saturated rings. The third-order valence-corrected chi connectivity index (χ3v) is 5.18. The number of ether oxygens (including phenoxy) is 3. The molecular weight excluding hydrogens is 316 g/mol. The van der Waals surface area contributed by atoms with Crippen LogP contribution < -0.4 is 5.32 Å². The van der Waals surface area contributed by atoms with Gasteiger partial charge in [-0.15, -0.1) is 11.3 Å². The lowest BCUT2D eigenvalue weighted by atomic mass is 9.81. The third-order valence-electron chi connectivity index (χ3n) is 4.16. The summed E-state index contributed by atoms with van der Waals surface area (Å²) < 4.78 is 16.7. The highest BCUT2D eigenvalue weighted by Gasteiger charge is 2.37. The van der Waals surface area contributed by atoms with Gasteiger partial charge in [0, 0.05) is 19.1 Å². The van der Waals surface area contributed by atoms with Gasteiger partial charge in [0.25, 0.3) is 5.91 Å². The van der Waals surface area contributed by atoms with Crippen molar-refractivity contribution in [2.75, 3.05) is 26.4 Å². The molecule has 0 unspecified atom stereocenters. The zero-order chi connectivity index (χ0) is 16.4. The number of thiazole rings is 1. The average Bonchev–Trinajstić information content (AvgIpc) is 3.22. The van der Waals surface area contributed by atoms with E-state index in [9.17, 15) is 4.79 Å². The van der Waals surface area contributed by atoms with Crippen molar-refractivity contribution in [1.82, 2.24) is 10.3 Å². The van der Waals surface area contributed by atoms with Crippen molar-refractivity contribution in [3.05, 3.63) is 16.1 Å². The van der Waals surface area contributed by atoms with Gasteiger partial charge in [0.05, 0.1) is 25.5 Å². The molecule has 23 heavy (non-hydrogen) atoms. The molecule has 0 saturated carbocycles. The van der Waals surface area contributed by atoms with Crippen molar-refractivity contribution < 1.29 is 19.0 Å². The van der Waals surface area contributed by atoms with Crippen LogP contribution in [0.4, 0.5) is 0 Å². The van der Waals surface area contributed by atoms with E-state index in [-0.39, 0.29) is 17.4 Å². The van der Waals surface area contributed by atoms with Gasteiger partial charge in [-0.1, -0.05) is 20.8 Å². The molecule has 7 heteroatoms. The van der Waals surface area contributed by atoms with E-state index in [0.29, 0.717) is 35.6 Å². The van der Waals surface area contributed by atoms with Gasteiger partial charge < -0.3 is 19.5 Å². The summed E-state index contributed by atoms with van der Waals surface area (Å²) in [5.41, 5.74) is 0.0840. The number of rotatable bonds is 4. The Morgan fingerprint density at radius 3 is 2.74 bits per heavy atom. The summed E-state index contributed by atoms with van der Waals surface area (Å²) in [4.78, 5) is 17.1. The van der Waals surface area contributed by atoms with Gasteiger partial charge in [-0.25, -0.2) is 4.98 Å². The fourth-order valence-corrected chi connectivity index (χ4v) is 3.95. The molecule has 3 heterocycles. The Morgan fingerprint density at radius 1 is 1.30 bits per heavy atom. The average molecular weight is 340 g/mol. The maximum Gasteiger partial charge on any atom is 0.263 e. The molecule has 3 rings (SSSR count). The molecule has 0 spiro atoms. The molecule has 2 atom stereocenters. The summed E-state index contributed by atoms with van der Waals surface area (Å²) in [6.07, 6.45) is 2.34. The highest BCUT2D eigenvalue weighted by atomic mass is 32.1. The van der Waals surface area contributed by atoms with E-state index < -0.39 is 6.29 Å². The zero-order valence-electron chi connectivity index (χ0n) is 13.8. The van der Waals surface area contributed by atoms with Crippen LogP contribution in [0.1, 0.15) is 48.2 Å². The number of nitrogens with zero attached hydrogens (tertiary/aromatic N) is 1. The van der Waals surface area contributed by atoms with Gasteiger partial charge in [0.15, 0.2) is 0 Å². The van der Waals surface area contributed by atoms with E-state index in [2.05, 4.69) is 31.1 Å². The van der Waals surface area contributed by atoms with Gasteiger partial charge >= 0.3 is 0 Å². The van der Waals surface area contributed by atoms with Crippen LogP contribution in [0.25, 0.3) is 0 Å². The molecule has 0 aromatic carbocycles. The molecule has 2 aliphatic rings. The Hall–Kier alpha value is -1.02. The molecule has 2 saturated heterocycles. The number of hydrogen-bond acceptors (Lipinski definition) is 6. The molecule has 2 aliphatic heterocycles. The summed E-state index contributed by atoms with van der Waals surface area (Å²) in [5, 5.41) is 3.72.